The molecule has 0 spiro atoms. The second kappa shape index (κ2) is 8.47. The Bertz CT molecular complexity index is 389. The van der Waals surface area contributed by atoms with Crippen LogP contribution in [0.15, 0.2) is 12.7 Å². The van der Waals surface area contributed by atoms with Crippen LogP contribution in [-0.2, 0) is 9.59 Å². The third kappa shape index (κ3) is 5.12. The van der Waals surface area contributed by atoms with E-state index in [0.717, 1.165) is 11.5 Å². The van der Waals surface area contributed by atoms with E-state index in [1.165, 1.54) is 4.90 Å². The molecule has 1 unspecified atom stereocenters. The molecule has 3 N–H and O–H groups in total. The van der Waals surface area contributed by atoms with Gasteiger partial charge in [0, 0.05) is 31.1 Å². The Morgan fingerprint density at radius 2 is 2.35 bits per heavy atom. The molecule has 1 aliphatic rings. The van der Waals surface area contributed by atoms with Crippen LogP contribution in [0, 0.1) is 0 Å². The van der Waals surface area contributed by atoms with Gasteiger partial charge < -0.3 is 20.6 Å². The van der Waals surface area contributed by atoms with E-state index in [0.29, 0.717) is 19.6 Å². The first-order chi connectivity index (χ1) is 9.56. The largest absolute Gasteiger partial charge is 0.481 e. The predicted octanol–water partition coefficient (Wildman–Crippen LogP) is -0.110. The van der Waals surface area contributed by atoms with Gasteiger partial charge in [0.2, 0.25) is 5.91 Å². The van der Waals surface area contributed by atoms with E-state index in [1.54, 1.807) is 17.8 Å². The van der Waals surface area contributed by atoms with Crippen molar-refractivity contribution < 1.29 is 19.5 Å². The summed E-state index contributed by atoms with van der Waals surface area (Å²) in [6, 6.07) is -1.34. The number of nitrogens with one attached hydrogen (secondary N) is 2. The van der Waals surface area contributed by atoms with Crippen LogP contribution < -0.4 is 10.6 Å². The maximum atomic E-state index is 12.0. The summed E-state index contributed by atoms with van der Waals surface area (Å²) in [6.45, 7) is 4.72. The van der Waals surface area contributed by atoms with Crippen molar-refractivity contribution in [1.82, 2.24) is 15.5 Å². The lowest BCUT2D eigenvalue weighted by molar-refractivity contribution is -0.142. The van der Waals surface area contributed by atoms with Gasteiger partial charge in [0.1, 0.15) is 6.04 Å². The maximum absolute atomic E-state index is 12.0. The second-order valence-corrected chi connectivity index (χ2v) is 5.34. The van der Waals surface area contributed by atoms with E-state index in [-0.39, 0.29) is 6.42 Å². The number of hydrogen-bond donors (Lipinski definition) is 3. The topological polar surface area (TPSA) is 98.7 Å². The number of urea groups is 1. The molecule has 20 heavy (non-hydrogen) atoms. The van der Waals surface area contributed by atoms with Gasteiger partial charge in [0.25, 0.3) is 0 Å². The molecule has 0 radical (unpaired) electrons. The standard InChI is InChI=1S/C12H19N3O4S/c1-2-6-20-7-4-14-12(19)15-5-3-13-11(18)9(15)8-10(16)17/h2,9H,1,3-8H2,(H,13,18)(H,14,19)(H,16,17). The average molecular weight is 301 g/mol. The van der Waals surface area contributed by atoms with Gasteiger partial charge in [-0.05, 0) is 0 Å². The van der Waals surface area contributed by atoms with Gasteiger partial charge in [-0.2, -0.15) is 11.8 Å². The molecule has 1 rings (SSSR count). The van der Waals surface area contributed by atoms with Crippen molar-refractivity contribution in [2.45, 2.75) is 12.5 Å². The minimum Gasteiger partial charge on any atom is -0.481 e. The molecule has 0 saturated carbocycles. The summed E-state index contributed by atoms with van der Waals surface area (Å²) in [5.74, 6) is 0.0200. The Morgan fingerprint density at radius 1 is 1.60 bits per heavy atom. The van der Waals surface area contributed by atoms with E-state index < -0.39 is 23.9 Å². The zero-order chi connectivity index (χ0) is 15.0. The molecular formula is C12H19N3O4S. The molecule has 0 aromatic rings. The Labute approximate surface area is 121 Å². The number of nitrogens with zero attached hydrogens (tertiary/aromatic N) is 1. The molecule has 8 heteroatoms. The number of carbonyl (C=O) groups excluding carboxylic acids is 2. The third-order valence-corrected chi connectivity index (χ3v) is 3.68. The number of piperazine rings is 1. The molecule has 0 aliphatic carbocycles. The Morgan fingerprint density at radius 3 is 3.00 bits per heavy atom. The zero-order valence-corrected chi connectivity index (χ0v) is 11.9. The van der Waals surface area contributed by atoms with Gasteiger partial charge in [-0.25, -0.2) is 4.79 Å². The van der Waals surface area contributed by atoms with Gasteiger partial charge >= 0.3 is 12.0 Å². The van der Waals surface area contributed by atoms with E-state index in [1.807, 2.05) is 0 Å². The van der Waals surface area contributed by atoms with Gasteiger partial charge in [0.15, 0.2) is 0 Å². The first-order valence-corrected chi connectivity index (χ1v) is 7.44. The van der Waals surface area contributed by atoms with Crippen molar-refractivity contribution in [1.29, 1.82) is 0 Å². The fourth-order valence-corrected chi connectivity index (χ4v) is 2.40. The van der Waals surface area contributed by atoms with E-state index in [4.69, 9.17) is 5.11 Å². The molecule has 0 bridgehead atoms. The summed E-state index contributed by atoms with van der Waals surface area (Å²) in [4.78, 5) is 35.7. The second-order valence-electron chi connectivity index (χ2n) is 4.19. The first-order valence-electron chi connectivity index (χ1n) is 6.29. The molecule has 1 saturated heterocycles. The summed E-state index contributed by atoms with van der Waals surface area (Å²) in [5.41, 5.74) is 0. The highest BCUT2D eigenvalue weighted by atomic mass is 32.2. The summed E-state index contributed by atoms with van der Waals surface area (Å²) in [7, 11) is 0. The Kier molecular flexibility index (Phi) is 6.92. The highest BCUT2D eigenvalue weighted by molar-refractivity contribution is 7.99. The van der Waals surface area contributed by atoms with Crippen LogP contribution in [-0.4, -0.2) is 65.1 Å². The van der Waals surface area contributed by atoms with Crippen molar-refractivity contribution in [3.63, 3.8) is 0 Å². The van der Waals surface area contributed by atoms with Crippen molar-refractivity contribution in [2.75, 3.05) is 31.1 Å². The number of aliphatic carboxylic acids is 1. The number of rotatable bonds is 7. The predicted molar refractivity (Wildman–Crippen MR) is 76.7 cm³/mol. The number of carboxylic acid groups (broad SMARTS) is 1. The van der Waals surface area contributed by atoms with Crippen LogP contribution in [0.3, 0.4) is 0 Å². The SMILES string of the molecule is C=CCSCCNC(=O)N1CCNC(=O)C1CC(=O)O. The number of thioether (sulfide) groups is 1. The van der Waals surface area contributed by atoms with Crippen molar-refractivity contribution in [3.05, 3.63) is 12.7 Å². The van der Waals surface area contributed by atoms with Crippen LogP contribution in [0.5, 0.6) is 0 Å². The quantitative estimate of drug-likeness (QED) is 0.450. The van der Waals surface area contributed by atoms with Crippen molar-refractivity contribution >= 4 is 29.7 Å². The summed E-state index contributed by atoms with van der Waals surface area (Å²) in [5, 5.41) is 14.1. The lowest BCUT2D eigenvalue weighted by Gasteiger charge is -2.34. The van der Waals surface area contributed by atoms with Crippen LogP contribution in [0.4, 0.5) is 4.79 Å². The highest BCUT2D eigenvalue weighted by Crippen LogP contribution is 2.09. The average Bonchev–Trinajstić information content (AvgIpc) is 2.40. The molecule has 1 atom stereocenters. The highest BCUT2D eigenvalue weighted by Gasteiger charge is 2.34. The van der Waals surface area contributed by atoms with Gasteiger partial charge in [-0.1, -0.05) is 6.08 Å². The van der Waals surface area contributed by atoms with Crippen LogP contribution in [0.1, 0.15) is 6.42 Å². The summed E-state index contributed by atoms with van der Waals surface area (Å²) < 4.78 is 0. The normalized spacial score (nSPS) is 18.3. The van der Waals surface area contributed by atoms with Gasteiger partial charge in [-0.15, -0.1) is 6.58 Å². The van der Waals surface area contributed by atoms with Crippen LogP contribution in [0.2, 0.25) is 0 Å². The van der Waals surface area contributed by atoms with Crippen LogP contribution in [0.25, 0.3) is 0 Å². The van der Waals surface area contributed by atoms with Crippen LogP contribution >= 0.6 is 11.8 Å². The number of carbonyl (C=O) groups is 3. The minimum atomic E-state index is -1.11. The van der Waals surface area contributed by atoms with Gasteiger partial charge in [0.05, 0.1) is 6.42 Å². The molecular weight excluding hydrogens is 282 g/mol. The molecule has 112 valence electrons. The monoisotopic (exact) mass is 301 g/mol. The fraction of sp³-hybridized carbons (Fsp3) is 0.583. The number of carboxylic acids is 1. The van der Waals surface area contributed by atoms with Crippen molar-refractivity contribution in [2.24, 2.45) is 0 Å². The van der Waals surface area contributed by atoms with E-state index >= 15 is 0 Å². The first kappa shape index (κ1) is 16.4. The molecule has 1 fully saturated rings. The lowest BCUT2D eigenvalue weighted by Crippen LogP contribution is -2.60. The molecule has 1 heterocycles. The Hall–Kier alpha value is -1.70. The zero-order valence-electron chi connectivity index (χ0n) is 11.1. The van der Waals surface area contributed by atoms with Gasteiger partial charge in [-0.3, -0.25) is 9.59 Å². The van der Waals surface area contributed by atoms with Crippen molar-refractivity contribution in [3.8, 4) is 0 Å². The number of hydrogen-bond acceptors (Lipinski definition) is 4. The minimum absolute atomic E-state index is 0.315. The summed E-state index contributed by atoms with van der Waals surface area (Å²) in [6.07, 6.45) is 1.40. The smallest absolute Gasteiger partial charge is 0.318 e. The van der Waals surface area contributed by atoms with E-state index in [9.17, 15) is 14.4 Å². The summed E-state index contributed by atoms with van der Waals surface area (Å²) >= 11 is 1.63. The lowest BCUT2D eigenvalue weighted by atomic mass is 10.1. The van der Waals surface area contributed by atoms with E-state index in [2.05, 4.69) is 17.2 Å². The Balaban J connectivity index is 2.47. The fourth-order valence-electron chi connectivity index (χ4n) is 1.82. The molecule has 0 aromatic carbocycles. The maximum Gasteiger partial charge on any atom is 0.318 e. The third-order valence-electron chi connectivity index (χ3n) is 2.72. The number of amides is 3. The molecule has 1 aliphatic heterocycles. The molecule has 0 aromatic heterocycles. The molecule has 7 nitrogen and oxygen atoms in total. The molecule has 3 amide bonds.